The van der Waals surface area contributed by atoms with Crippen LogP contribution < -0.4 is 4.74 Å². The van der Waals surface area contributed by atoms with Crippen molar-refractivity contribution in [2.75, 3.05) is 0 Å². The Labute approximate surface area is 178 Å². The molecule has 0 amide bonds. The molecule has 2 aromatic rings. The molecule has 0 spiro atoms. The molecule has 2 aromatic carbocycles. The van der Waals surface area contributed by atoms with E-state index in [1.54, 1.807) is 19.1 Å². The van der Waals surface area contributed by atoms with Crippen LogP contribution in [0.4, 0.5) is 11.4 Å². The second-order valence-corrected chi connectivity index (χ2v) is 8.22. The van der Waals surface area contributed by atoms with Crippen LogP contribution in [0.15, 0.2) is 58.8 Å². The summed E-state index contributed by atoms with van der Waals surface area (Å²) in [5.41, 5.74) is 2.55. The number of phenolic OH excluding ortho intramolecular Hbond substituents is 1. The van der Waals surface area contributed by atoms with Crippen LogP contribution in [0, 0.1) is 6.92 Å². The number of aromatic hydroxyl groups is 1. The van der Waals surface area contributed by atoms with Crippen molar-refractivity contribution in [3.8, 4) is 11.5 Å². The smallest absolute Gasteiger partial charge is 0.336 e. The van der Waals surface area contributed by atoms with Gasteiger partial charge in [0.2, 0.25) is 6.29 Å². The monoisotopic (exact) mass is 410 g/mol. The maximum Gasteiger partial charge on any atom is 0.336 e. The number of azo groups is 1. The van der Waals surface area contributed by atoms with Gasteiger partial charge in [-0.3, -0.25) is 0 Å². The molecule has 1 N–H and O–H groups in total. The van der Waals surface area contributed by atoms with E-state index in [-0.39, 0.29) is 16.9 Å². The molecule has 0 saturated heterocycles. The fourth-order valence-corrected chi connectivity index (χ4v) is 2.66. The zero-order valence-corrected chi connectivity index (χ0v) is 18.5. The van der Waals surface area contributed by atoms with Gasteiger partial charge in [-0.1, -0.05) is 52.5 Å². The van der Waals surface area contributed by atoms with Crippen LogP contribution in [0.3, 0.4) is 0 Å². The highest BCUT2D eigenvalue weighted by Crippen LogP contribution is 2.42. The van der Waals surface area contributed by atoms with E-state index in [1.807, 2.05) is 58.9 Å². The van der Waals surface area contributed by atoms with E-state index in [1.165, 1.54) is 0 Å². The van der Waals surface area contributed by atoms with Gasteiger partial charge in [0.25, 0.3) is 0 Å². The van der Waals surface area contributed by atoms with Crippen molar-refractivity contribution in [3.05, 3.63) is 59.7 Å². The molecule has 0 fully saturated rings. The van der Waals surface area contributed by atoms with E-state index in [4.69, 9.17) is 9.47 Å². The molecule has 0 bridgehead atoms. The summed E-state index contributed by atoms with van der Waals surface area (Å²) in [6, 6.07) is 10.9. The minimum absolute atomic E-state index is 0.0409. The van der Waals surface area contributed by atoms with Crippen molar-refractivity contribution < 1.29 is 19.4 Å². The second-order valence-electron chi connectivity index (χ2n) is 8.22. The molecular formula is C24H30N2O4. The summed E-state index contributed by atoms with van der Waals surface area (Å²) < 4.78 is 11.2. The molecule has 6 heteroatoms. The van der Waals surface area contributed by atoms with Crippen LogP contribution in [0.1, 0.15) is 52.2 Å². The third-order valence-corrected chi connectivity index (χ3v) is 4.44. The molecule has 0 aliphatic heterocycles. The Morgan fingerprint density at radius 2 is 1.80 bits per heavy atom. The number of aryl methyl sites for hydroxylation is 1. The van der Waals surface area contributed by atoms with Crippen LogP contribution in [0.2, 0.25) is 0 Å². The van der Waals surface area contributed by atoms with Gasteiger partial charge in [0.05, 0.1) is 5.69 Å². The summed E-state index contributed by atoms with van der Waals surface area (Å²) in [5.74, 6) is -0.0480. The fourth-order valence-electron chi connectivity index (χ4n) is 2.66. The van der Waals surface area contributed by atoms with Crippen LogP contribution in [-0.2, 0) is 14.9 Å². The summed E-state index contributed by atoms with van der Waals surface area (Å²) in [7, 11) is 0. The molecule has 0 aromatic heterocycles. The molecule has 0 radical (unpaired) electrons. The minimum atomic E-state index is -0.785. The lowest BCUT2D eigenvalue weighted by atomic mass is 9.86. The molecule has 0 aliphatic carbocycles. The van der Waals surface area contributed by atoms with Crippen molar-refractivity contribution in [2.24, 2.45) is 10.2 Å². The van der Waals surface area contributed by atoms with Gasteiger partial charge in [0, 0.05) is 23.6 Å². The average molecular weight is 411 g/mol. The van der Waals surface area contributed by atoms with Gasteiger partial charge in [0.1, 0.15) is 17.2 Å². The minimum Gasteiger partial charge on any atom is -0.505 e. The third kappa shape index (κ3) is 5.92. The molecule has 6 nitrogen and oxygen atoms in total. The first kappa shape index (κ1) is 23.1. The van der Waals surface area contributed by atoms with E-state index in [9.17, 15) is 9.90 Å². The standard InChI is InChI=1S/C24H30N2O4/c1-8-21(30-23(28)15(2)3)29-17-13-18(24(5,6)7)22(27)20(14-17)26-25-19-12-10-9-11-16(19)4/h9-14,21,27H,2,8H2,1,3-7H3. The van der Waals surface area contributed by atoms with Crippen molar-refractivity contribution >= 4 is 17.3 Å². The number of nitrogens with zero attached hydrogens (tertiary/aromatic N) is 2. The van der Waals surface area contributed by atoms with Gasteiger partial charge >= 0.3 is 5.97 Å². The van der Waals surface area contributed by atoms with Crippen molar-refractivity contribution in [3.63, 3.8) is 0 Å². The van der Waals surface area contributed by atoms with E-state index in [2.05, 4.69) is 16.8 Å². The van der Waals surface area contributed by atoms with Gasteiger partial charge in [-0.25, -0.2) is 4.79 Å². The van der Waals surface area contributed by atoms with Gasteiger partial charge in [-0.2, -0.15) is 5.11 Å². The predicted molar refractivity (Wildman–Crippen MR) is 118 cm³/mol. The normalized spacial score (nSPS) is 12.6. The molecule has 0 saturated carbocycles. The van der Waals surface area contributed by atoms with Crippen molar-refractivity contribution in [1.82, 2.24) is 0 Å². The molecule has 1 unspecified atom stereocenters. The lowest BCUT2D eigenvalue weighted by Gasteiger charge is -2.24. The zero-order valence-electron chi connectivity index (χ0n) is 18.5. The SMILES string of the molecule is C=C(C)C(=O)OC(CC)Oc1cc(N=Nc2ccccc2C)c(O)c(C(C)(C)C)c1. The molecule has 0 aliphatic rings. The molecule has 160 valence electrons. The van der Waals surface area contributed by atoms with Gasteiger partial charge in [0.15, 0.2) is 0 Å². The van der Waals surface area contributed by atoms with Gasteiger partial charge < -0.3 is 14.6 Å². The Morgan fingerprint density at radius 3 is 2.37 bits per heavy atom. The number of carbonyl (C=O) groups is 1. The maximum atomic E-state index is 11.9. The molecule has 2 rings (SSSR count). The van der Waals surface area contributed by atoms with Gasteiger partial charge in [-0.15, -0.1) is 5.11 Å². The van der Waals surface area contributed by atoms with E-state index in [0.717, 1.165) is 5.56 Å². The number of carbonyl (C=O) groups excluding carboxylic acids is 1. The maximum absolute atomic E-state index is 11.9. The summed E-state index contributed by atoms with van der Waals surface area (Å²) in [5, 5.41) is 19.4. The Bertz CT molecular complexity index is 958. The number of benzene rings is 2. The Morgan fingerprint density at radius 1 is 1.17 bits per heavy atom. The number of hydrogen-bond donors (Lipinski definition) is 1. The van der Waals surface area contributed by atoms with E-state index < -0.39 is 12.3 Å². The third-order valence-electron chi connectivity index (χ3n) is 4.44. The average Bonchev–Trinajstić information content (AvgIpc) is 2.67. The lowest BCUT2D eigenvalue weighted by molar-refractivity contribution is -0.159. The van der Waals surface area contributed by atoms with Crippen LogP contribution >= 0.6 is 0 Å². The molecule has 30 heavy (non-hydrogen) atoms. The Hall–Kier alpha value is -3.15. The van der Waals surface area contributed by atoms with Crippen molar-refractivity contribution in [2.45, 2.75) is 59.7 Å². The highest BCUT2D eigenvalue weighted by Gasteiger charge is 2.24. The van der Waals surface area contributed by atoms with E-state index >= 15 is 0 Å². The quantitative estimate of drug-likeness (QED) is 0.240. The molecule has 1 atom stereocenters. The Kier molecular flexibility index (Phi) is 7.38. The predicted octanol–water partition coefficient (Wildman–Crippen LogP) is 6.65. The first-order valence-electron chi connectivity index (χ1n) is 9.91. The second kappa shape index (κ2) is 9.57. The fraction of sp³-hybridized carbons (Fsp3) is 0.375. The lowest BCUT2D eigenvalue weighted by Crippen LogP contribution is -2.24. The number of rotatable bonds is 7. The van der Waals surface area contributed by atoms with Gasteiger partial charge in [-0.05, 0) is 37.0 Å². The molecular weight excluding hydrogens is 380 g/mol. The summed E-state index contributed by atoms with van der Waals surface area (Å²) in [6.07, 6.45) is -0.335. The van der Waals surface area contributed by atoms with Crippen LogP contribution in [-0.4, -0.2) is 17.4 Å². The largest absolute Gasteiger partial charge is 0.505 e. The van der Waals surface area contributed by atoms with Crippen molar-refractivity contribution in [1.29, 1.82) is 0 Å². The molecule has 0 heterocycles. The van der Waals surface area contributed by atoms with Crippen LogP contribution in [0.5, 0.6) is 11.5 Å². The summed E-state index contributed by atoms with van der Waals surface area (Å²) >= 11 is 0. The number of esters is 1. The number of hydrogen-bond acceptors (Lipinski definition) is 6. The zero-order chi connectivity index (χ0) is 22.5. The van der Waals surface area contributed by atoms with E-state index in [0.29, 0.717) is 29.0 Å². The highest BCUT2D eigenvalue weighted by atomic mass is 16.7. The number of ether oxygens (including phenoxy) is 2. The number of phenols is 1. The topological polar surface area (TPSA) is 80.5 Å². The Balaban J connectivity index is 2.44. The highest BCUT2D eigenvalue weighted by molar-refractivity contribution is 5.87. The summed E-state index contributed by atoms with van der Waals surface area (Å²) in [4.78, 5) is 11.9. The first-order chi connectivity index (χ1) is 14.0. The van der Waals surface area contributed by atoms with Crippen LogP contribution in [0.25, 0.3) is 0 Å². The first-order valence-corrected chi connectivity index (χ1v) is 9.91. The summed E-state index contributed by atoms with van der Waals surface area (Å²) in [6.45, 7) is 14.9.